The van der Waals surface area contributed by atoms with Crippen LogP contribution in [-0.4, -0.2) is 20.5 Å². The summed E-state index contributed by atoms with van der Waals surface area (Å²) in [5.74, 6) is 0.820. The summed E-state index contributed by atoms with van der Waals surface area (Å²) in [5, 5.41) is 1.18. The summed E-state index contributed by atoms with van der Waals surface area (Å²) in [6, 6.07) is 0. The fourth-order valence-electron chi connectivity index (χ4n) is 2.42. The van der Waals surface area contributed by atoms with Gasteiger partial charge < -0.3 is 10.7 Å². The van der Waals surface area contributed by atoms with E-state index in [4.69, 9.17) is 5.73 Å². The molecule has 4 heteroatoms. The van der Waals surface area contributed by atoms with E-state index in [1.54, 1.807) is 0 Å². The van der Waals surface area contributed by atoms with Crippen molar-refractivity contribution in [2.75, 3.05) is 0 Å². The topological polar surface area (TPSA) is 67.6 Å². The number of rotatable bonds is 3. The standard InChI is InChI=1S/C13H18N4/c1-8-11-10(3-4-13(14)5-6-13)7-15-12(11)17-9(2)16-8/h7H,3-6,14H2,1-2H3,(H,15,16,17). The number of nitrogens with two attached hydrogens (primary N) is 1. The Bertz CT molecular complexity index is 566. The second kappa shape index (κ2) is 3.53. The van der Waals surface area contributed by atoms with Gasteiger partial charge in [0.05, 0.1) is 5.69 Å². The smallest absolute Gasteiger partial charge is 0.141 e. The monoisotopic (exact) mass is 230 g/mol. The number of fused-ring (bicyclic) bond motifs is 1. The second-order valence-corrected chi connectivity index (χ2v) is 5.26. The average Bonchev–Trinajstić information content (AvgIpc) is 2.86. The molecule has 0 amide bonds. The molecular formula is C13H18N4. The van der Waals surface area contributed by atoms with Crippen LogP contribution in [0.2, 0.25) is 0 Å². The van der Waals surface area contributed by atoms with Crippen molar-refractivity contribution in [1.29, 1.82) is 0 Å². The van der Waals surface area contributed by atoms with Crippen LogP contribution in [0, 0.1) is 13.8 Å². The Balaban J connectivity index is 1.94. The van der Waals surface area contributed by atoms with Crippen LogP contribution in [-0.2, 0) is 6.42 Å². The van der Waals surface area contributed by atoms with E-state index in [-0.39, 0.29) is 5.54 Å². The van der Waals surface area contributed by atoms with Crippen LogP contribution < -0.4 is 5.73 Å². The van der Waals surface area contributed by atoms with Crippen LogP contribution in [0.25, 0.3) is 11.0 Å². The molecule has 4 nitrogen and oxygen atoms in total. The highest BCUT2D eigenvalue weighted by molar-refractivity contribution is 5.82. The zero-order valence-corrected chi connectivity index (χ0v) is 10.4. The molecule has 0 radical (unpaired) electrons. The van der Waals surface area contributed by atoms with Gasteiger partial charge in [0.15, 0.2) is 0 Å². The fraction of sp³-hybridized carbons (Fsp3) is 0.538. The molecule has 0 saturated heterocycles. The van der Waals surface area contributed by atoms with E-state index in [0.717, 1.165) is 30.0 Å². The summed E-state index contributed by atoms with van der Waals surface area (Å²) in [5.41, 5.74) is 9.55. The summed E-state index contributed by atoms with van der Waals surface area (Å²) in [7, 11) is 0. The van der Waals surface area contributed by atoms with Crippen LogP contribution in [0.3, 0.4) is 0 Å². The first-order valence-electron chi connectivity index (χ1n) is 6.17. The maximum atomic E-state index is 6.13. The Labute approximate surface area is 101 Å². The first-order valence-corrected chi connectivity index (χ1v) is 6.17. The van der Waals surface area contributed by atoms with Gasteiger partial charge in [-0.15, -0.1) is 0 Å². The second-order valence-electron chi connectivity index (χ2n) is 5.26. The highest BCUT2D eigenvalue weighted by Gasteiger charge is 2.37. The van der Waals surface area contributed by atoms with Crippen molar-refractivity contribution >= 4 is 11.0 Å². The molecule has 1 aliphatic carbocycles. The van der Waals surface area contributed by atoms with Gasteiger partial charge in [-0.25, -0.2) is 9.97 Å². The lowest BCUT2D eigenvalue weighted by atomic mass is 10.0. The van der Waals surface area contributed by atoms with Crippen molar-refractivity contribution < 1.29 is 0 Å². The lowest BCUT2D eigenvalue weighted by Crippen LogP contribution is -2.22. The number of aryl methyl sites for hydroxylation is 3. The first kappa shape index (κ1) is 10.7. The van der Waals surface area contributed by atoms with Crippen LogP contribution in [0.4, 0.5) is 0 Å². The molecule has 0 aromatic carbocycles. The zero-order chi connectivity index (χ0) is 12.0. The summed E-state index contributed by atoms with van der Waals surface area (Å²) in [6.07, 6.45) is 6.47. The fourth-order valence-corrected chi connectivity index (χ4v) is 2.42. The van der Waals surface area contributed by atoms with E-state index < -0.39 is 0 Å². The minimum atomic E-state index is 0.114. The van der Waals surface area contributed by atoms with Gasteiger partial charge in [-0.3, -0.25) is 0 Å². The normalized spacial score (nSPS) is 17.6. The molecule has 2 heterocycles. The van der Waals surface area contributed by atoms with E-state index >= 15 is 0 Å². The average molecular weight is 230 g/mol. The highest BCUT2D eigenvalue weighted by atomic mass is 14.9. The molecule has 2 aromatic heterocycles. The third-order valence-corrected chi connectivity index (χ3v) is 3.69. The molecule has 2 aromatic rings. The minimum absolute atomic E-state index is 0.114. The lowest BCUT2D eigenvalue weighted by Gasteiger charge is -2.07. The third-order valence-electron chi connectivity index (χ3n) is 3.69. The molecule has 1 aliphatic rings. The molecule has 1 fully saturated rings. The van der Waals surface area contributed by atoms with Crippen LogP contribution in [0.5, 0.6) is 0 Å². The van der Waals surface area contributed by atoms with Crippen LogP contribution in [0.1, 0.15) is 36.3 Å². The molecule has 0 unspecified atom stereocenters. The third kappa shape index (κ3) is 1.93. The Morgan fingerprint density at radius 1 is 1.35 bits per heavy atom. The molecule has 17 heavy (non-hydrogen) atoms. The zero-order valence-electron chi connectivity index (χ0n) is 10.4. The van der Waals surface area contributed by atoms with E-state index in [9.17, 15) is 0 Å². The van der Waals surface area contributed by atoms with Gasteiger partial charge in [0.2, 0.25) is 0 Å². The molecule has 90 valence electrons. The van der Waals surface area contributed by atoms with Crippen LogP contribution >= 0.6 is 0 Å². The largest absolute Gasteiger partial charge is 0.346 e. The van der Waals surface area contributed by atoms with Gasteiger partial charge in [0, 0.05) is 17.1 Å². The minimum Gasteiger partial charge on any atom is -0.346 e. The van der Waals surface area contributed by atoms with E-state index in [2.05, 4.69) is 21.1 Å². The maximum Gasteiger partial charge on any atom is 0.141 e. The molecule has 0 spiro atoms. The van der Waals surface area contributed by atoms with E-state index in [1.807, 2.05) is 13.8 Å². The SMILES string of the molecule is Cc1nc(C)c2c(CCC3(N)CC3)c[nH]c2n1. The van der Waals surface area contributed by atoms with Crippen molar-refractivity contribution in [3.8, 4) is 0 Å². The molecule has 0 atom stereocenters. The van der Waals surface area contributed by atoms with Gasteiger partial charge in [-0.1, -0.05) is 0 Å². The van der Waals surface area contributed by atoms with E-state index in [0.29, 0.717) is 0 Å². The van der Waals surface area contributed by atoms with Crippen molar-refractivity contribution in [1.82, 2.24) is 15.0 Å². The van der Waals surface area contributed by atoms with Crippen LogP contribution in [0.15, 0.2) is 6.20 Å². The summed E-state index contributed by atoms with van der Waals surface area (Å²) in [4.78, 5) is 12.1. The van der Waals surface area contributed by atoms with Gasteiger partial charge in [-0.2, -0.15) is 0 Å². The number of nitrogens with one attached hydrogen (secondary N) is 1. The number of hydrogen-bond donors (Lipinski definition) is 2. The lowest BCUT2D eigenvalue weighted by molar-refractivity contribution is 0.610. The Kier molecular flexibility index (Phi) is 2.23. The maximum absolute atomic E-state index is 6.13. The van der Waals surface area contributed by atoms with Crippen molar-refractivity contribution in [3.63, 3.8) is 0 Å². The molecule has 0 aliphatic heterocycles. The summed E-state index contributed by atoms with van der Waals surface area (Å²) < 4.78 is 0. The predicted molar refractivity (Wildman–Crippen MR) is 67.8 cm³/mol. The molecule has 3 N–H and O–H groups in total. The number of aromatic amines is 1. The number of aromatic nitrogens is 3. The molecule has 3 rings (SSSR count). The highest BCUT2D eigenvalue weighted by Crippen LogP contribution is 2.37. The molecular weight excluding hydrogens is 212 g/mol. The molecule has 0 bridgehead atoms. The Hall–Kier alpha value is -1.42. The number of hydrogen-bond acceptors (Lipinski definition) is 3. The van der Waals surface area contributed by atoms with Crippen molar-refractivity contribution in [3.05, 3.63) is 23.3 Å². The summed E-state index contributed by atoms with van der Waals surface area (Å²) >= 11 is 0. The Morgan fingerprint density at radius 3 is 2.82 bits per heavy atom. The van der Waals surface area contributed by atoms with E-state index in [1.165, 1.54) is 23.8 Å². The van der Waals surface area contributed by atoms with Gasteiger partial charge in [-0.05, 0) is 45.1 Å². The van der Waals surface area contributed by atoms with Crippen molar-refractivity contribution in [2.24, 2.45) is 5.73 Å². The summed E-state index contributed by atoms with van der Waals surface area (Å²) in [6.45, 7) is 3.97. The first-order chi connectivity index (χ1) is 8.07. The number of H-pyrrole nitrogens is 1. The van der Waals surface area contributed by atoms with Crippen molar-refractivity contribution in [2.45, 2.75) is 45.1 Å². The predicted octanol–water partition coefficient (Wildman–Crippen LogP) is 2.00. The quantitative estimate of drug-likeness (QED) is 0.847. The Morgan fingerprint density at radius 2 is 2.12 bits per heavy atom. The number of nitrogens with zero attached hydrogens (tertiary/aromatic N) is 2. The molecule has 1 saturated carbocycles. The van der Waals surface area contributed by atoms with Gasteiger partial charge in [0.25, 0.3) is 0 Å². The van der Waals surface area contributed by atoms with Gasteiger partial charge >= 0.3 is 0 Å². The van der Waals surface area contributed by atoms with Gasteiger partial charge in [0.1, 0.15) is 11.5 Å².